The Balaban J connectivity index is 2.00. The molecule has 126 valence electrons. The molecule has 2 unspecified atom stereocenters. The predicted octanol–water partition coefficient (Wildman–Crippen LogP) is 4.23. The Kier molecular flexibility index (Phi) is 6.20. The standard InChI is InChI=1S/C19H26O4/c1-4-8-22-18(20)15-6-5-7-16(12-15)19(21)23-17-10-13(2)9-14(3)11-17/h5-7,12-14,17H,4,8-11H2,1-3H3. The lowest BCUT2D eigenvalue weighted by atomic mass is 9.82. The zero-order valence-corrected chi connectivity index (χ0v) is 14.2. The van der Waals surface area contributed by atoms with Crippen molar-refractivity contribution >= 4 is 11.9 Å². The summed E-state index contributed by atoms with van der Waals surface area (Å²) in [6.07, 6.45) is 3.75. The van der Waals surface area contributed by atoms with E-state index in [2.05, 4.69) is 13.8 Å². The summed E-state index contributed by atoms with van der Waals surface area (Å²) in [7, 11) is 0. The fourth-order valence-electron chi connectivity index (χ4n) is 3.24. The summed E-state index contributed by atoms with van der Waals surface area (Å²) in [5, 5.41) is 0. The molecule has 2 rings (SSSR count). The summed E-state index contributed by atoms with van der Waals surface area (Å²) in [6, 6.07) is 6.56. The molecule has 0 spiro atoms. The van der Waals surface area contributed by atoms with Crippen molar-refractivity contribution < 1.29 is 19.1 Å². The van der Waals surface area contributed by atoms with Crippen LogP contribution in [0.2, 0.25) is 0 Å². The maximum atomic E-state index is 12.3. The zero-order valence-electron chi connectivity index (χ0n) is 14.2. The molecular weight excluding hydrogens is 292 g/mol. The van der Waals surface area contributed by atoms with E-state index in [9.17, 15) is 9.59 Å². The third-order valence-electron chi connectivity index (χ3n) is 4.18. The minimum atomic E-state index is -0.401. The monoisotopic (exact) mass is 318 g/mol. The Morgan fingerprint density at radius 2 is 1.65 bits per heavy atom. The second-order valence-corrected chi connectivity index (χ2v) is 6.66. The molecule has 0 saturated heterocycles. The summed E-state index contributed by atoms with van der Waals surface area (Å²) in [4.78, 5) is 24.2. The third kappa shape index (κ3) is 5.08. The maximum Gasteiger partial charge on any atom is 0.338 e. The fraction of sp³-hybridized carbons (Fsp3) is 0.579. The number of hydrogen-bond acceptors (Lipinski definition) is 4. The van der Waals surface area contributed by atoms with E-state index >= 15 is 0 Å². The second kappa shape index (κ2) is 8.14. The first-order chi connectivity index (χ1) is 11.0. The maximum absolute atomic E-state index is 12.3. The van der Waals surface area contributed by atoms with Crippen molar-refractivity contribution in [3.8, 4) is 0 Å². The number of carbonyl (C=O) groups is 2. The summed E-state index contributed by atoms with van der Waals surface area (Å²) in [5.41, 5.74) is 0.792. The molecule has 0 bridgehead atoms. The van der Waals surface area contributed by atoms with Gasteiger partial charge in [0, 0.05) is 0 Å². The number of carbonyl (C=O) groups excluding carboxylic acids is 2. The molecule has 0 amide bonds. The van der Waals surface area contributed by atoms with Gasteiger partial charge in [-0.2, -0.15) is 0 Å². The van der Waals surface area contributed by atoms with Crippen molar-refractivity contribution in [2.45, 2.75) is 52.6 Å². The highest BCUT2D eigenvalue weighted by molar-refractivity contribution is 5.95. The topological polar surface area (TPSA) is 52.6 Å². The number of ether oxygens (including phenoxy) is 2. The predicted molar refractivity (Wildman–Crippen MR) is 88.4 cm³/mol. The van der Waals surface area contributed by atoms with Crippen LogP contribution < -0.4 is 0 Å². The first kappa shape index (κ1) is 17.5. The molecule has 4 nitrogen and oxygen atoms in total. The van der Waals surface area contributed by atoms with Gasteiger partial charge < -0.3 is 9.47 Å². The molecule has 1 aliphatic carbocycles. The van der Waals surface area contributed by atoms with Crippen molar-refractivity contribution in [2.24, 2.45) is 11.8 Å². The van der Waals surface area contributed by atoms with Crippen molar-refractivity contribution in [3.63, 3.8) is 0 Å². The van der Waals surface area contributed by atoms with Crippen molar-refractivity contribution in [1.82, 2.24) is 0 Å². The van der Waals surface area contributed by atoms with E-state index in [1.54, 1.807) is 24.3 Å². The molecule has 0 radical (unpaired) electrons. The van der Waals surface area contributed by atoms with Gasteiger partial charge in [-0.3, -0.25) is 0 Å². The number of rotatable bonds is 5. The smallest absolute Gasteiger partial charge is 0.338 e. The van der Waals surface area contributed by atoms with E-state index in [-0.39, 0.29) is 12.1 Å². The lowest BCUT2D eigenvalue weighted by molar-refractivity contribution is 0.00805. The van der Waals surface area contributed by atoms with Crippen LogP contribution >= 0.6 is 0 Å². The van der Waals surface area contributed by atoms with Gasteiger partial charge in [0.2, 0.25) is 0 Å². The third-order valence-corrected chi connectivity index (χ3v) is 4.18. The molecule has 0 aromatic heterocycles. The van der Waals surface area contributed by atoms with Gasteiger partial charge in [-0.25, -0.2) is 9.59 Å². The highest BCUT2D eigenvalue weighted by Gasteiger charge is 2.27. The second-order valence-electron chi connectivity index (χ2n) is 6.66. The molecule has 2 atom stereocenters. The molecule has 0 N–H and O–H groups in total. The summed E-state index contributed by atoms with van der Waals surface area (Å²) < 4.78 is 10.7. The van der Waals surface area contributed by atoms with Crippen LogP contribution in [0.25, 0.3) is 0 Å². The average molecular weight is 318 g/mol. The van der Waals surface area contributed by atoms with E-state index in [0.717, 1.165) is 19.3 Å². The van der Waals surface area contributed by atoms with Crippen LogP contribution in [0.1, 0.15) is 67.2 Å². The minimum Gasteiger partial charge on any atom is -0.462 e. The SMILES string of the molecule is CCCOC(=O)c1cccc(C(=O)OC2CC(C)CC(C)C2)c1. The van der Waals surface area contributed by atoms with Crippen LogP contribution in [0.15, 0.2) is 24.3 Å². The van der Waals surface area contributed by atoms with E-state index in [4.69, 9.17) is 9.47 Å². The van der Waals surface area contributed by atoms with E-state index < -0.39 is 5.97 Å². The Morgan fingerprint density at radius 1 is 1.04 bits per heavy atom. The summed E-state index contributed by atoms with van der Waals surface area (Å²) in [6.45, 7) is 6.71. The number of esters is 2. The minimum absolute atomic E-state index is 0.0306. The summed E-state index contributed by atoms with van der Waals surface area (Å²) in [5.74, 6) is 0.390. The van der Waals surface area contributed by atoms with E-state index in [1.807, 2.05) is 6.92 Å². The highest BCUT2D eigenvalue weighted by Crippen LogP contribution is 2.30. The average Bonchev–Trinajstić information content (AvgIpc) is 2.51. The van der Waals surface area contributed by atoms with Gasteiger partial charge in [0.1, 0.15) is 6.10 Å². The lowest BCUT2D eigenvalue weighted by Crippen LogP contribution is -2.28. The summed E-state index contributed by atoms with van der Waals surface area (Å²) >= 11 is 0. The molecule has 4 heteroatoms. The molecule has 0 aliphatic heterocycles. The normalized spacial score (nSPS) is 24.0. The molecule has 1 aromatic rings. The Hall–Kier alpha value is -1.84. The highest BCUT2D eigenvalue weighted by atomic mass is 16.5. The van der Waals surface area contributed by atoms with Gasteiger partial charge in [0.25, 0.3) is 0 Å². The van der Waals surface area contributed by atoms with Gasteiger partial charge in [0.05, 0.1) is 17.7 Å². The van der Waals surface area contributed by atoms with Crippen LogP contribution in [-0.4, -0.2) is 24.6 Å². The molecule has 23 heavy (non-hydrogen) atoms. The number of hydrogen-bond donors (Lipinski definition) is 0. The Labute approximate surface area is 138 Å². The van der Waals surface area contributed by atoms with Gasteiger partial charge in [-0.05, 0) is 55.7 Å². The van der Waals surface area contributed by atoms with Crippen LogP contribution in [0.3, 0.4) is 0 Å². The number of benzene rings is 1. The van der Waals surface area contributed by atoms with E-state index in [1.165, 1.54) is 6.42 Å². The molecule has 1 aliphatic rings. The lowest BCUT2D eigenvalue weighted by Gasteiger charge is -2.31. The zero-order chi connectivity index (χ0) is 16.8. The quantitative estimate of drug-likeness (QED) is 0.762. The first-order valence-electron chi connectivity index (χ1n) is 8.47. The Morgan fingerprint density at radius 3 is 2.26 bits per heavy atom. The Bertz CT molecular complexity index is 542. The fourth-order valence-corrected chi connectivity index (χ4v) is 3.24. The van der Waals surface area contributed by atoms with Crippen LogP contribution in [-0.2, 0) is 9.47 Å². The molecule has 1 fully saturated rings. The largest absolute Gasteiger partial charge is 0.462 e. The van der Waals surface area contributed by atoms with Crippen molar-refractivity contribution in [3.05, 3.63) is 35.4 Å². The van der Waals surface area contributed by atoms with Crippen molar-refractivity contribution in [1.29, 1.82) is 0 Å². The van der Waals surface area contributed by atoms with Crippen LogP contribution in [0.5, 0.6) is 0 Å². The van der Waals surface area contributed by atoms with Gasteiger partial charge in [0.15, 0.2) is 0 Å². The molecule has 1 saturated carbocycles. The van der Waals surface area contributed by atoms with Gasteiger partial charge in [-0.15, -0.1) is 0 Å². The van der Waals surface area contributed by atoms with Crippen molar-refractivity contribution in [2.75, 3.05) is 6.61 Å². The molecular formula is C19H26O4. The first-order valence-corrected chi connectivity index (χ1v) is 8.47. The van der Waals surface area contributed by atoms with Gasteiger partial charge >= 0.3 is 11.9 Å². The molecule has 1 aromatic carbocycles. The van der Waals surface area contributed by atoms with E-state index in [0.29, 0.717) is 29.6 Å². The van der Waals surface area contributed by atoms with Crippen LogP contribution in [0.4, 0.5) is 0 Å². The van der Waals surface area contributed by atoms with Crippen LogP contribution in [0, 0.1) is 11.8 Å². The molecule has 0 heterocycles. The van der Waals surface area contributed by atoms with Gasteiger partial charge in [-0.1, -0.05) is 26.8 Å².